The number of nitrogens with zero attached hydrogens (tertiary/aromatic N) is 3. The van der Waals surface area contributed by atoms with Crippen LogP contribution in [-0.4, -0.2) is 53.5 Å². The minimum atomic E-state index is -0.500. The molecule has 1 aromatic rings. The van der Waals surface area contributed by atoms with Crippen molar-refractivity contribution < 1.29 is 9.85 Å². The molecule has 11 nitrogen and oxygen atoms in total. The summed E-state index contributed by atoms with van der Waals surface area (Å²) in [5.41, 5.74) is 1.02. The summed E-state index contributed by atoms with van der Waals surface area (Å²) in [7, 11) is 3.26. The van der Waals surface area contributed by atoms with Crippen LogP contribution in [0.1, 0.15) is 10.7 Å². The molecule has 0 amide bonds. The van der Waals surface area contributed by atoms with Crippen LogP contribution in [0.2, 0.25) is 0 Å². The van der Waals surface area contributed by atoms with Crippen molar-refractivity contribution in [2.24, 2.45) is 0 Å². The Morgan fingerprint density at radius 1 is 1.03 bits per heavy atom. The highest BCUT2D eigenvalue weighted by Crippen LogP contribution is 2.19. The first-order valence-electron chi connectivity index (χ1n) is 8.57. The number of aromatic nitrogens is 1. The van der Waals surface area contributed by atoms with Gasteiger partial charge in [0.05, 0.1) is 15.5 Å². The lowest BCUT2D eigenvalue weighted by atomic mass is 10.6. The molecule has 0 fully saturated rings. The molecule has 1 aromatic heterocycles. The zero-order valence-electron chi connectivity index (χ0n) is 16.2. The molecule has 0 aliphatic heterocycles. The van der Waals surface area contributed by atoms with Gasteiger partial charge in [-0.05, 0) is 0 Å². The first-order chi connectivity index (χ1) is 13.9. The Morgan fingerprint density at radius 2 is 1.55 bits per heavy atom. The average molecular weight is 464 g/mol. The summed E-state index contributed by atoms with van der Waals surface area (Å²) in [6, 6.07) is 0. The number of thioether (sulfide) groups is 2. The second-order valence-electron chi connectivity index (χ2n) is 5.35. The van der Waals surface area contributed by atoms with Gasteiger partial charge in [-0.1, -0.05) is 0 Å². The molecule has 0 aliphatic rings. The van der Waals surface area contributed by atoms with Crippen molar-refractivity contribution in [1.29, 1.82) is 0 Å². The zero-order chi connectivity index (χ0) is 21.5. The van der Waals surface area contributed by atoms with Gasteiger partial charge in [-0.3, -0.25) is 20.2 Å². The molecule has 162 valence electrons. The van der Waals surface area contributed by atoms with Crippen LogP contribution in [0.25, 0.3) is 0 Å². The molecule has 0 aliphatic carbocycles. The summed E-state index contributed by atoms with van der Waals surface area (Å²) in [4.78, 5) is 24.5. The summed E-state index contributed by atoms with van der Waals surface area (Å²) in [6.45, 7) is 1.23. The van der Waals surface area contributed by atoms with Crippen LogP contribution in [0.5, 0.6) is 0 Å². The van der Waals surface area contributed by atoms with Crippen molar-refractivity contribution in [2.45, 2.75) is 11.5 Å². The van der Waals surface area contributed by atoms with Gasteiger partial charge in [0.25, 0.3) is 12.4 Å². The minimum Gasteiger partial charge on any atom is -0.370 e. The van der Waals surface area contributed by atoms with E-state index in [0.29, 0.717) is 24.7 Å². The largest absolute Gasteiger partial charge is 0.370 e. The highest BCUT2D eigenvalue weighted by Gasteiger charge is 2.04. The Bertz CT molecular complexity index is 655. The van der Waals surface area contributed by atoms with Gasteiger partial charge in [-0.2, -0.15) is 23.5 Å². The van der Waals surface area contributed by atoms with E-state index in [1.807, 2.05) is 5.38 Å². The summed E-state index contributed by atoms with van der Waals surface area (Å²) in [5.74, 6) is 3.95. The number of nitro groups is 2. The van der Waals surface area contributed by atoms with Crippen LogP contribution < -0.4 is 21.3 Å². The van der Waals surface area contributed by atoms with Crippen molar-refractivity contribution >= 4 is 34.9 Å². The molecule has 0 saturated carbocycles. The highest BCUT2D eigenvalue weighted by molar-refractivity contribution is 7.98. The van der Waals surface area contributed by atoms with Crippen molar-refractivity contribution in [2.75, 3.05) is 38.7 Å². The molecule has 4 N–H and O–H groups in total. The lowest BCUT2D eigenvalue weighted by molar-refractivity contribution is -0.404. The van der Waals surface area contributed by atoms with Crippen molar-refractivity contribution in [1.82, 2.24) is 26.3 Å². The van der Waals surface area contributed by atoms with E-state index in [-0.39, 0.29) is 0 Å². The molecule has 29 heavy (non-hydrogen) atoms. The first kappa shape index (κ1) is 24.8. The standard InChI is InChI=1S/C15H25N7O4S3/c1-16-13(7-21(23)24)18-3-5-27-9-12-10-29-15(20-12)11-28-6-4-19-14(17-2)8-22(25)26/h7-8,10,16-19H,3-6,9,11H2,1-2H3/b13-7+,14-8+. The van der Waals surface area contributed by atoms with E-state index in [9.17, 15) is 20.2 Å². The van der Waals surface area contributed by atoms with E-state index in [1.165, 1.54) is 0 Å². The molecular weight excluding hydrogens is 438 g/mol. The topological polar surface area (TPSA) is 147 Å². The summed E-state index contributed by atoms with van der Waals surface area (Å²) < 4.78 is 0. The van der Waals surface area contributed by atoms with Crippen LogP contribution in [0, 0.1) is 20.2 Å². The van der Waals surface area contributed by atoms with E-state index < -0.39 is 9.85 Å². The van der Waals surface area contributed by atoms with E-state index in [2.05, 4.69) is 26.3 Å². The number of hydrogen-bond donors (Lipinski definition) is 4. The Balaban J connectivity index is 2.18. The summed E-state index contributed by atoms with van der Waals surface area (Å²) >= 11 is 5.03. The molecule has 0 radical (unpaired) electrons. The van der Waals surface area contributed by atoms with Gasteiger partial charge >= 0.3 is 0 Å². The van der Waals surface area contributed by atoms with Gasteiger partial charge in [-0.15, -0.1) is 11.3 Å². The van der Waals surface area contributed by atoms with E-state index in [1.54, 1.807) is 49.0 Å². The van der Waals surface area contributed by atoms with Gasteiger partial charge in [0, 0.05) is 55.6 Å². The fourth-order valence-electron chi connectivity index (χ4n) is 1.94. The first-order valence-corrected chi connectivity index (χ1v) is 11.8. The third kappa shape index (κ3) is 12.1. The van der Waals surface area contributed by atoms with Gasteiger partial charge in [0.15, 0.2) is 11.6 Å². The Morgan fingerprint density at radius 3 is 2.03 bits per heavy atom. The van der Waals surface area contributed by atoms with Crippen LogP contribution in [-0.2, 0) is 11.5 Å². The molecule has 0 unspecified atom stereocenters. The number of rotatable bonds is 16. The van der Waals surface area contributed by atoms with Gasteiger partial charge in [-0.25, -0.2) is 4.98 Å². The molecule has 14 heteroatoms. The average Bonchev–Trinajstić information content (AvgIpc) is 3.12. The lowest BCUT2D eigenvalue weighted by Gasteiger charge is -2.07. The second kappa shape index (κ2) is 14.8. The van der Waals surface area contributed by atoms with Gasteiger partial charge in [0.1, 0.15) is 5.01 Å². The minimum absolute atomic E-state index is 0.383. The molecule has 1 heterocycles. The van der Waals surface area contributed by atoms with E-state index in [4.69, 9.17) is 0 Å². The molecule has 0 aromatic carbocycles. The third-order valence-electron chi connectivity index (χ3n) is 3.21. The Hall–Kier alpha value is -2.19. The van der Waals surface area contributed by atoms with Crippen molar-refractivity contribution in [3.63, 3.8) is 0 Å². The van der Waals surface area contributed by atoms with Crippen LogP contribution in [0.3, 0.4) is 0 Å². The normalized spacial score (nSPS) is 11.8. The Labute approximate surface area is 181 Å². The fourth-order valence-corrected chi connectivity index (χ4v) is 4.52. The number of nitrogens with one attached hydrogen (secondary N) is 4. The molecule has 0 spiro atoms. The molecule has 0 saturated heterocycles. The smallest absolute Gasteiger partial charge is 0.274 e. The number of thiazole rings is 1. The SMILES string of the molecule is CN/C(=C\[N+](=O)[O-])NCCSCc1csc(CSCCN/C(=C/[N+](=O)[O-])NC)n1. The van der Waals surface area contributed by atoms with Crippen molar-refractivity contribution in [3.8, 4) is 0 Å². The van der Waals surface area contributed by atoms with Crippen LogP contribution >= 0.6 is 34.9 Å². The van der Waals surface area contributed by atoms with Gasteiger partial charge in [0.2, 0.25) is 0 Å². The quantitative estimate of drug-likeness (QED) is 0.160. The Kier molecular flexibility index (Phi) is 12.6. The predicted molar refractivity (Wildman–Crippen MR) is 119 cm³/mol. The maximum atomic E-state index is 10.4. The highest BCUT2D eigenvalue weighted by atomic mass is 32.2. The number of hydrogen-bond acceptors (Lipinski definition) is 12. The molecular formula is C15H25N7O4S3. The second-order valence-corrected chi connectivity index (χ2v) is 8.50. The van der Waals surface area contributed by atoms with E-state index >= 15 is 0 Å². The monoisotopic (exact) mass is 463 g/mol. The maximum absolute atomic E-state index is 10.4. The molecule has 0 atom stereocenters. The lowest BCUT2D eigenvalue weighted by Crippen LogP contribution is -2.26. The summed E-state index contributed by atoms with van der Waals surface area (Å²) in [5, 5.41) is 35.4. The molecule has 1 rings (SSSR count). The summed E-state index contributed by atoms with van der Waals surface area (Å²) in [6.07, 6.45) is 1.81. The predicted octanol–water partition coefficient (Wildman–Crippen LogP) is 1.38. The van der Waals surface area contributed by atoms with E-state index in [0.717, 1.165) is 46.1 Å². The zero-order valence-corrected chi connectivity index (χ0v) is 18.6. The van der Waals surface area contributed by atoms with Crippen molar-refractivity contribution in [3.05, 3.63) is 60.4 Å². The maximum Gasteiger partial charge on any atom is 0.274 e. The fraction of sp³-hybridized carbons (Fsp3) is 0.533. The molecule has 0 bridgehead atoms. The van der Waals surface area contributed by atoms with Crippen LogP contribution in [0.15, 0.2) is 29.4 Å². The van der Waals surface area contributed by atoms with Crippen LogP contribution in [0.4, 0.5) is 0 Å². The third-order valence-corrected chi connectivity index (χ3v) is 6.25. The van der Waals surface area contributed by atoms with Gasteiger partial charge < -0.3 is 21.3 Å².